The number of methoxy groups -OCH3 is 1. The van der Waals surface area contributed by atoms with E-state index in [1.54, 1.807) is 0 Å². The fraction of sp³-hybridized carbons (Fsp3) is 0.300. The lowest BCUT2D eigenvalue weighted by atomic mass is 10.0. The van der Waals surface area contributed by atoms with Gasteiger partial charge in [-0.25, -0.2) is 0 Å². The first-order valence-corrected chi connectivity index (χ1v) is 4.37. The molecule has 1 aromatic carbocycles. The Hall–Kier alpha value is -1.56. The van der Waals surface area contributed by atoms with Crippen molar-refractivity contribution in [3.05, 3.63) is 35.4 Å². The van der Waals surface area contributed by atoms with Crippen LogP contribution < -0.4 is 5.73 Å². The van der Waals surface area contributed by atoms with Gasteiger partial charge in [-0.2, -0.15) is 13.2 Å². The maximum absolute atomic E-state index is 12.6. The van der Waals surface area contributed by atoms with Gasteiger partial charge in [0, 0.05) is 0 Å². The lowest BCUT2D eigenvalue weighted by Gasteiger charge is -2.16. The lowest BCUT2D eigenvalue weighted by molar-refractivity contribution is -0.144. The van der Waals surface area contributed by atoms with Gasteiger partial charge in [0.1, 0.15) is 6.04 Å². The van der Waals surface area contributed by atoms with Gasteiger partial charge in [-0.05, 0) is 11.6 Å². The predicted molar refractivity (Wildman–Crippen MR) is 50.4 cm³/mol. The highest BCUT2D eigenvalue weighted by atomic mass is 19.4. The zero-order valence-electron chi connectivity index (χ0n) is 8.41. The number of carbonyl (C=O) groups excluding carboxylic acids is 1. The summed E-state index contributed by atoms with van der Waals surface area (Å²) in [6.07, 6.45) is -4.54. The van der Waals surface area contributed by atoms with Crippen molar-refractivity contribution in [3.8, 4) is 0 Å². The molecule has 0 radical (unpaired) electrons. The van der Waals surface area contributed by atoms with E-state index in [0.29, 0.717) is 0 Å². The maximum atomic E-state index is 12.6. The summed E-state index contributed by atoms with van der Waals surface area (Å²) >= 11 is 0. The minimum Gasteiger partial charge on any atom is -0.468 e. The van der Waals surface area contributed by atoms with Crippen LogP contribution in [0.1, 0.15) is 17.2 Å². The van der Waals surface area contributed by atoms with Crippen LogP contribution in [0.5, 0.6) is 0 Å². The second-order valence-electron chi connectivity index (χ2n) is 3.09. The Kier molecular flexibility index (Phi) is 3.54. The molecule has 16 heavy (non-hydrogen) atoms. The van der Waals surface area contributed by atoms with Crippen LogP contribution in [0.25, 0.3) is 0 Å². The van der Waals surface area contributed by atoms with Crippen LogP contribution in [-0.4, -0.2) is 13.1 Å². The number of halogens is 3. The maximum Gasteiger partial charge on any atom is 0.416 e. The summed E-state index contributed by atoms with van der Waals surface area (Å²) in [6, 6.07) is 3.22. The molecule has 0 amide bonds. The van der Waals surface area contributed by atoms with Gasteiger partial charge in [0.25, 0.3) is 0 Å². The van der Waals surface area contributed by atoms with Crippen molar-refractivity contribution in [1.29, 1.82) is 0 Å². The highest BCUT2D eigenvalue weighted by Gasteiger charge is 2.35. The van der Waals surface area contributed by atoms with E-state index in [1.165, 1.54) is 12.1 Å². The molecule has 0 spiro atoms. The Morgan fingerprint density at radius 3 is 2.44 bits per heavy atom. The predicted octanol–water partition coefficient (Wildman–Crippen LogP) is 1.88. The van der Waals surface area contributed by atoms with E-state index in [9.17, 15) is 18.0 Å². The van der Waals surface area contributed by atoms with E-state index in [2.05, 4.69) is 4.74 Å². The summed E-state index contributed by atoms with van der Waals surface area (Å²) in [7, 11) is 1.07. The Bertz CT molecular complexity index is 390. The molecule has 0 aliphatic rings. The van der Waals surface area contributed by atoms with E-state index in [4.69, 9.17) is 5.73 Å². The lowest BCUT2D eigenvalue weighted by Crippen LogP contribution is -2.25. The molecule has 3 nitrogen and oxygen atoms in total. The first-order chi connectivity index (χ1) is 7.38. The third-order valence-corrected chi connectivity index (χ3v) is 2.06. The number of nitrogens with two attached hydrogens (primary N) is 1. The molecule has 6 heteroatoms. The van der Waals surface area contributed by atoms with Crippen molar-refractivity contribution >= 4 is 5.97 Å². The van der Waals surface area contributed by atoms with E-state index in [0.717, 1.165) is 19.2 Å². The SMILES string of the molecule is COC(=O)[C@@H](N)c1ccccc1C(F)(F)F. The van der Waals surface area contributed by atoms with Crippen LogP contribution in [0, 0.1) is 0 Å². The molecule has 0 saturated carbocycles. The Morgan fingerprint density at radius 2 is 1.94 bits per heavy atom. The van der Waals surface area contributed by atoms with Crippen LogP contribution in [0.15, 0.2) is 24.3 Å². The number of carbonyl (C=O) groups is 1. The molecule has 0 aliphatic heterocycles. The van der Waals surface area contributed by atoms with Crippen LogP contribution in [0.2, 0.25) is 0 Å². The Morgan fingerprint density at radius 1 is 1.38 bits per heavy atom. The quantitative estimate of drug-likeness (QED) is 0.793. The molecule has 0 aromatic heterocycles. The molecular weight excluding hydrogens is 223 g/mol. The average Bonchev–Trinajstić information content (AvgIpc) is 2.26. The fourth-order valence-corrected chi connectivity index (χ4v) is 1.28. The molecule has 0 aliphatic carbocycles. The molecule has 0 fully saturated rings. The van der Waals surface area contributed by atoms with Gasteiger partial charge in [0.2, 0.25) is 0 Å². The molecule has 0 saturated heterocycles. The molecule has 0 unspecified atom stereocenters. The smallest absolute Gasteiger partial charge is 0.416 e. The molecule has 0 heterocycles. The molecule has 1 rings (SSSR count). The van der Waals surface area contributed by atoms with Crippen molar-refractivity contribution in [2.45, 2.75) is 12.2 Å². The summed E-state index contributed by atoms with van der Waals surface area (Å²) in [4.78, 5) is 11.1. The van der Waals surface area contributed by atoms with Crippen molar-refractivity contribution in [2.24, 2.45) is 5.73 Å². The minimum atomic E-state index is -4.54. The first kappa shape index (κ1) is 12.5. The number of esters is 1. The summed E-state index contributed by atoms with van der Waals surface area (Å²) in [5.74, 6) is -0.906. The van der Waals surface area contributed by atoms with Gasteiger partial charge >= 0.3 is 12.1 Å². The third kappa shape index (κ3) is 2.52. The monoisotopic (exact) mass is 233 g/mol. The standard InChI is InChI=1S/C10H10F3NO2/c1-16-9(15)8(14)6-4-2-3-5-7(6)10(11,12)13/h2-5,8H,14H2,1H3/t8-/m0/s1. The van der Waals surface area contributed by atoms with E-state index in [-0.39, 0.29) is 5.56 Å². The van der Waals surface area contributed by atoms with E-state index < -0.39 is 23.8 Å². The van der Waals surface area contributed by atoms with E-state index >= 15 is 0 Å². The zero-order chi connectivity index (χ0) is 12.3. The summed E-state index contributed by atoms with van der Waals surface area (Å²) in [6.45, 7) is 0. The Balaban J connectivity index is 3.19. The average molecular weight is 233 g/mol. The van der Waals surface area contributed by atoms with Crippen molar-refractivity contribution < 1.29 is 22.7 Å². The molecule has 1 atom stereocenters. The second-order valence-corrected chi connectivity index (χ2v) is 3.09. The van der Waals surface area contributed by atoms with Gasteiger partial charge in [-0.1, -0.05) is 18.2 Å². The zero-order valence-corrected chi connectivity index (χ0v) is 8.41. The second kappa shape index (κ2) is 4.52. The number of ether oxygens (including phenoxy) is 1. The molecule has 88 valence electrons. The van der Waals surface area contributed by atoms with Crippen LogP contribution in [-0.2, 0) is 15.7 Å². The van der Waals surface area contributed by atoms with Gasteiger partial charge in [0.15, 0.2) is 0 Å². The van der Waals surface area contributed by atoms with Crippen LogP contribution in [0.3, 0.4) is 0 Å². The summed E-state index contributed by atoms with van der Waals surface area (Å²) < 4.78 is 42.0. The minimum absolute atomic E-state index is 0.290. The highest BCUT2D eigenvalue weighted by molar-refractivity contribution is 5.77. The number of hydrogen-bond acceptors (Lipinski definition) is 3. The summed E-state index contributed by atoms with van der Waals surface area (Å²) in [5.41, 5.74) is 4.16. The number of alkyl halides is 3. The fourth-order valence-electron chi connectivity index (χ4n) is 1.28. The van der Waals surface area contributed by atoms with Crippen molar-refractivity contribution in [1.82, 2.24) is 0 Å². The van der Waals surface area contributed by atoms with Crippen molar-refractivity contribution in [2.75, 3.05) is 7.11 Å². The first-order valence-electron chi connectivity index (χ1n) is 4.37. The highest BCUT2D eigenvalue weighted by Crippen LogP contribution is 2.34. The molecule has 0 bridgehead atoms. The summed E-state index contributed by atoms with van der Waals surface area (Å²) in [5, 5.41) is 0. The van der Waals surface area contributed by atoms with Crippen molar-refractivity contribution in [3.63, 3.8) is 0 Å². The van der Waals surface area contributed by atoms with Crippen LogP contribution in [0.4, 0.5) is 13.2 Å². The number of benzene rings is 1. The topological polar surface area (TPSA) is 52.3 Å². The van der Waals surface area contributed by atoms with Gasteiger partial charge in [-0.15, -0.1) is 0 Å². The van der Waals surface area contributed by atoms with Gasteiger partial charge in [0.05, 0.1) is 12.7 Å². The Labute approximate surface area is 90.0 Å². The normalized spacial score (nSPS) is 13.3. The number of hydrogen-bond donors (Lipinski definition) is 1. The molecular formula is C10H10F3NO2. The number of rotatable bonds is 2. The molecule has 2 N–H and O–H groups in total. The third-order valence-electron chi connectivity index (χ3n) is 2.06. The van der Waals surface area contributed by atoms with E-state index in [1.807, 2.05) is 0 Å². The van der Waals surface area contributed by atoms with Crippen LogP contribution >= 0.6 is 0 Å². The largest absolute Gasteiger partial charge is 0.468 e. The van der Waals surface area contributed by atoms with Gasteiger partial charge in [-0.3, -0.25) is 4.79 Å². The molecule has 1 aromatic rings. The van der Waals surface area contributed by atoms with Gasteiger partial charge < -0.3 is 10.5 Å².